The van der Waals surface area contributed by atoms with Crippen LogP contribution in [0.25, 0.3) is 0 Å². The Morgan fingerprint density at radius 3 is 2.76 bits per heavy atom. The lowest BCUT2D eigenvalue weighted by molar-refractivity contribution is 0.460. The first-order valence-corrected chi connectivity index (χ1v) is 8.21. The molecule has 0 bridgehead atoms. The maximum Gasteiger partial charge on any atom is 0.244 e. The van der Waals surface area contributed by atoms with E-state index in [0.29, 0.717) is 23.8 Å². The number of hydrogen-bond donors (Lipinski definition) is 2. The van der Waals surface area contributed by atoms with Crippen molar-refractivity contribution in [2.24, 2.45) is 0 Å². The van der Waals surface area contributed by atoms with Gasteiger partial charge in [0, 0.05) is 12.3 Å². The van der Waals surface area contributed by atoms with Gasteiger partial charge in [0.2, 0.25) is 10.0 Å². The van der Waals surface area contributed by atoms with Crippen molar-refractivity contribution in [2.45, 2.75) is 31.8 Å². The Bertz CT molecular complexity index is 681. The lowest BCUT2D eigenvalue weighted by atomic mass is 10.4. The fourth-order valence-corrected chi connectivity index (χ4v) is 3.08. The monoisotopic (exact) mass is 309 g/mol. The molecule has 2 heterocycles. The quantitative estimate of drug-likeness (QED) is 0.811. The van der Waals surface area contributed by atoms with Crippen LogP contribution in [0.3, 0.4) is 0 Å². The topological polar surface area (TPSA) is 84.2 Å². The number of sulfonamides is 1. The third kappa shape index (κ3) is 4.13. The molecule has 0 spiro atoms. The Hall–Kier alpha value is -1.70. The summed E-state index contributed by atoms with van der Waals surface area (Å²) in [5.41, 5.74) is 0.662. The molecule has 6 nitrogen and oxygen atoms in total. The molecule has 0 radical (unpaired) electrons. The number of rotatable bonds is 7. The van der Waals surface area contributed by atoms with Crippen LogP contribution in [0, 0.1) is 6.92 Å². The smallest absolute Gasteiger partial charge is 0.244 e. The van der Waals surface area contributed by atoms with Crippen molar-refractivity contribution in [3.8, 4) is 0 Å². The van der Waals surface area contributed by atoms with Crippen molar-refractivity contribution in [3.05, 3.63) is 47.7 Å². The Morgan fingerprint density at radius 2 is 2.10 bits per heavy atom. The molecule has 0 aliphatic carbocycles. The molecule has 21 heavy (non-hydrogen) atoms. The molecule has 0 aliphatic heterocycles. The molecule has 7 heteroatoms. The van der Waals surface area contributed by atoms with Crippen LogP contribution in [-0.2, 0) is 23.1 Å². The minimum atomic E-state index is -3.60. The van der Waals surface area contributed by atoms with E-state index in [-0.39, 0.29) is 11.4 Å². The standard InChI is InChI=1S/C14H19N3O3S/c1-3-15-10-13-8-14(11(2)20-13)21(18,19)17-9-12-6-4-5-7-16-12/h4-8,15,17H,3,9-10H2,1-2H3. The lowest BCUT2D eigenvalue weighted by Crippen LogP contribution is -2.23. The van der Waals surface area contributed by atoms with Gasteiger partial charge in [0.1, 0.15) is 16.4 Å². The van der Waals surface area contributed by atoms with Crippen molar-refractivity contribution in [1.29, 1.82) is 0 Å². The highest BCUT2D eigenvalue weighted by Crippen LogP contribution is 2.20. The van der Waals surface area contributed by atoms with Crippen molar-refractivity contribution in [3.63, 3.8) is 0 Å². The zero-order chi connectivity index (χ0) is 15.3. The molecule has 0 saturated carbocycles. The van der Waals surface area contributed by atoms with Crippen molar-refractivity contribution >= 4 is 10.0 Å². The van der Waals surface area contributed by atoms with E-state index in [1.807, 2.05) is 13.0 Å². The minimum Gasteiger partial charge on any atom is -0.464 e. The van der Waals surface area contributed by atoms with Gasteiger partial charge < -0.3 is 9.73 Å². The third-order valence-corrected chi connectivity index (χ3v) is 4.44. The lowest BCUT2D eigenvalue weighted by Gasteiger charge is -2.04. The van der Waals surface area contributed by atoms with Crippen LogP contribution in [0.1, 0.15) is 24.1 Å². The highest BCUT2D eigenvalue weighted by Gasteiger charge is 2.21. The van der Waals surface area contributed by atoms with Crippen LogP contribution >= 0.6 is 0 Å². The number of nitrogens with zero attached hydrogens (tertiary/aromatic N) is 1. The number of furan rings is 1. The average Bonchev–Trinajstić information content (AvgIpc) is 2.86. The van der Waals surface area contributed by atoms with E-state index in [1.54, 1.807) is 31.3 Å². The van der Waals surface area contributed by atoms with Crippen LogP contribution in [0.5, 0.6) is 0 Å². The second-order valence-corrected chi connectivity index (χ2v) is 6.29. The highest BCUT2D eigenvalue weighted by molar-refractivity contribution is 7.89. The van der Waals surface area contributed by atoms with Crippen LogP contribution in [0.15, 0.2) is 39.8 Å². The molecule has 0 unspecified atom stereocenters. The van der Waals surface area contributed by atoms with Gasteiger partial charge in [-0.05, 0) is 25.6 Å². The van der Waals surface area contributed by atoms with E-state index in [9.17, 15) is 8.42 Å². The first-order chi connectivity index (χ1) is 10.0. The van der Waals surface area contributed by atoms with Gasteiger partial charge in [0.15, 0.2) is 0 Å². The van der Waals surface area contributed by atoms with Crippen LogP contribution in [0.2, 0.25) is 0 Å². The maximum atomic E-state index is 12.3. The van der Waals surface area contributed by atoms with Crippen molar-refractivity contribution in [2.75, 3.05) is 6.54 Å². The zero-order valence-electron chi connectivity index (χ0n) is 12.1. The highest BCUT2D eigenvalue weighted by atomic mass is 32.2. The van der Waals surface area contributed by atoms with Gasteiger partial charge in [0.05, 0.1) is 18.8 Å². The molecular weight excluding hydrogens is 290 g/mol. The number of aromatic nitrogens is 1. The van der Waals surface area contributed by atoms with E-state index < -0.39 is 10.0 Å². The van der Waals surface area contributed by atoms with E-state index in [4.69, 9.17) is 4.42 Å². The molecule has 0 aromatic carbocycles. The molecule has 114 valence electrons. The maximum absolute atomic E-state index is 12.3. The second-order valence-electron chi connectivity index (χ2n) is 4.56. The Balaban J connectivity index is 2.10. The summed E-state index contributed by atoms with van der Waals surface area (Å²) in [6.45, 7) is 5.07. The summed E-state index contributed by atoms with van der Waals surface area (Å²) in [6.07, 6.45) is 1.63. The molecule has 2 rings (SSSR count). The molecule has 2 aromatic rings. The molecule has 0 aliphatic rings. The van der Waals surface area contributed by atoms with E-state index in [0.717, 1.165) is 6.54 Å². The molecule has 2 aromatic heterocycles. The predicted octanol–water partition coefficient (Wildman–Crippen LogP) is 1.57. The number of pyridine rings is 1. The van der Waals surface area contributed by atoms with Gasteiger partial charge >= 0.3 is 0 Å². The summed E-state index contributed by atoms with van der Waals surface area (Å²) in [4.78, 5) is 4.26. The van der Waals surface area contributed by atoms with E-state index in [2.05, 4.69) is 15.0 Å². The van der Waals surface area contributed by atoms with Crippen LogP contribution < -0.4 is 10.0 Å². The van der Waals surface area contributed by atoms with Gasteiger partial charge in [-0.15, -0.1) is 0 Å². The number of hydrogen-bond acceptors (Lipinski definition) is 5. The van der Waals surface area contributed by atoms with E-state index in [1.165, 1.54) is 0 Å². The Kier molecular flexibility index (Phi) is 5.11. The predicted molar refractivity (Wildman–Crippen MR) is 79.1 cm³/mol. The summed E-state index contributed by atoms with van der Waals surface area (Å²) >= 11 is 0. The van der Waals surface area contributed by atoms with Gasteiger partial charge in [-0.25, -0.2) is 13.1 Å². The first kappa shape index (κ1) is 15.7. The largest absolute Gasteiger partial charge is 0.464 e. The second kappa shape index (κ2) is 6.84. The van der Waals surface area contributed by atoms with Gasteiger partial charge in [-0.1, -0.05) is 13.0 Å². The number of nitrogens with one attached hydrogen (secondary N) is 2. The SMILES string of the molecule is CCNCc1cc(S(=O)(=O)NCc2ccccn2)c(C)o1. The molecule has 0 saturated heterocycles. The summed E-state index contributed by atoms with van der Waals surface area (Å²) in [5.74, 6) is 0.990. The van der Waals surface area contributed by atoms with Crippen molar-refractivity contribution in [1.82, 2.24) is 15.0 Å². The fraction of sp³-hybridized carbons (Fsp3) is 0.357. The zero-order valence-corrected chi connectivity index (χ0v) is 12.9. The molecule has 0 fully saturated rings. The summed E-state index contributed by atoms with van der Waals surface area (Å²) in [6, 6.07) is 6.92. The first-order valence-electron chi connectivity index (χ1n) is 6.72. The fourth-order valence-electron chi connectivity index (χ4n) is 1.88. The van der Waals surface area contributed by atoms with Crippen LogP contribution in [-0.4, -0.2) is 19.9 Å². The molecule has 0 amide bonds. The van der Waals surface area contributed by atoms with Gasteiger partial charge in [-0.3, -0.25) is 4.98 Å². The molecule has 2 N–H and O–H groups in total. The minimum absolute atomic E-state index is 0.149. The van der Waals surface area contributed by atoms with E-state index >= 15 is 0 Å². The van der Waals surface area contributed by atoms with Gasteiger partial charge in [-0.2, -0.15) is 0 Å². The normalized spacial score (nSPS) is 11.7. The summed E-state index contributed by atoms with van der Waals surface area (Å²) in [5, 5.41) is 3.10. The third-order valence-electron chi connectivity index (χ3n) is 2.93. The average molecular weight is 309 g/mol. The molecule has 0 atom stereocenters. The van der Waals surface area contributed by atoms with Gasteiger partial charge in [0.25, 0.3) is 0 Å². The Morgan fingerprint density at radius 1 is 1.29 bits per heavy atom. The molecular formula is C14H19N3O3S. The number of aryl methyl sites for hydroxylation is 1. The van der Waals surface area contributed by atoms with Crippen LogP contribution in [0.4, 0.5) is 0 Å². The summed E-state index contributed by atoms with van der Waals surface area (Å²) < 4.78 is 32.6. The Labute approximate surface area is 124 Å². The summed E-state index contributed by atoms with van der Waals surface area (Å²) in [7, 11) is -3.60. The van der Waals surface area contributed by atoms with Crippen molar-refractivity contribution < 1.29 is 12.8 Å².